The van der Waals surface area contributed by atoms with E-state index in [0.29, 0.717) is 24.4 Å². The van der Waals surface area contributed by atoms with Gasteiger partial charge in [0.2, 0.25) is 5.91 Å². The molecule has 1 unspecified atom stereocenters. The Morgan fingerprint density at radius 2 is 2.29 bits per heavy atom. The average molecular weight is 301 g/mol. The number of carbonyl (C=O) groups is 1. The number of carbonyl (C=O) groups excluding carboxylic acids is 1. The number of nitrogens with two attached hydrogens (primary N) is 1. The van der Waals surface area contributed by atoms with Crippen LogP contribution in [0.2, 0.25) is 0 Å². The molecule has 0 aliphatic rings. The van der Waals surface area contributed by atoms with Crippen molar-refractivity contribution in [2.45, 2.75) is 13.3 Å². The number of nitrogens with one attached hydrogen (secondary N) is 1. The minimum absolute atomic E-state index is 0.0522. The SMILES string of the molecule is COCC(C)CC(=O)Nc1ccc(Br)cc1N. The van der Waals surface area contributed by atoms with Crippen molar-refractivity contribution in [2.24, 2.45) is 5.92 Å². The third kappa shape index (κ3) is 4.75. The number of halogens is 1. The van der Waals surface area contributed by atoms with E-state index in [0.717, 1.165) is 4.47 Å². The van der Waals surface area contributed by atoms with Crippen LogP contribution >= 0.6 is 15.9 Å². The van der Waals surface area contributed by atoms with Crippen LogP contribution in [0.3, 0.4) is 0 Å². The molecule has 0 radical (unpaired) electrons. The molecule has 1 amide bonds. The minimum Gasteiger partial charge on any atom is -0.397 e. The lowest BCUT2D eigenvalue weighted by Gasteiger charge is -2.12. The minimum atomic E-state index is -0.0522. The van der Waals surface area contributed by atoms with Crippen molar-refractivity contribution >= 4 is 33.2 Å². The van der Waals surface area contributed by atoms with Gasteiger partial charge in [0.1, 0.15) is 0 Å². The first-order chi connectivity index (χ1) is 8.02. The molecule has 1 aromatic carbocycles. The van der Waals surface area contributed by atoms with Gasteiger partial charge < -0.3 is 15.8 Å². The Kier molecular flexibility index (Phi) is 5.44. The Hall–Kier alpha value is -1.07. The summed E-state index contributed by atoms with van der Waals surface area (Å²) in [5.41, 5.74) is 6.98. The van der Waals surface area contributed by atoms with E-state index in [-0.39, 0.29) is 11.8 Å². The van der Waals surface area contributed by atoms with Crippen LogP contribution in [0.25, 0.3) is 0 Å². The van der Waals surface area contributed by atoms with Gasteiger partial charge in [0.25, 0.3) is 0 Å². The molecule has 0 spiro atoms. The highest BCUT2D eigenvalue weighted by Gasteiger charge is 2.10. The Labute approximate surface area is 110 Å². The number of methoxy groups -OCH3 is 1. The van der Waals surface area contributed by atoms with E-state index in [9.17, 15) is 4.79 Å². The maximum Gasteiger partial charge on any atom is 0.224 e. The second kappa shape index (κ2) is 6.61. The van der Waals surface area contributed by atoms with Gasteiger partial charge >= 0.3 is 0 Å². The molecule has 0 saturated heterocycles. The normalized spacial score (nSPS) is 12.2. The topological polar surface area (TPSA) is 64.3 Å². The smallest absolute Gasteiger partial charge is 0.224 e. The summed E-state index contributed by atoms with van der Waals surface area (Å²) in [6.45, 7) is 2.54. The number of amides is 1. The number of hydrogen-bond donors (Lipinski definition) is 2. The summed E-state index contributed by atoms with van der Waals surface area (Å²) in [5, 5.41) is 2.79. The van der Waals surface area contributed by atoms with Crippen molar-refractivity contribution < 1.29 is 9.53 Å². The van der Waals surface area contributed by atoms with Gasteiger partial charge in [0.05, 0.1) is 11.4 Å². The molecule has 0 heterocycles. The quantitative estimate of drug-likeness (QED) is 0.822. The second-order valence-electron chi connectivity index (χ2n) is 4.04. The zero-order valence-electron chi connectivity index (χ0n) is 10.00. The van der Waals surface area contributed by atoms with Gasteiger partial charge in [0, 0.05) is 24.6 Å². The molecule has 0 fully saturated rings. The predicted molar refractivity (Wildman–Crippen MR) is 72.8 cm³/mol. The molecule has 0 bridgehead atoms. The third-order valence-electron chi connectivity index (χ3n) is 2.27. The fourth-order valence-electron chi connectivity index (χ4n) is 1.51. The number of anilines is 2. The lowest BCUT2D eigenvalue weighted by Crippen LogP contribution is -2.18. The van der Waals surface area contributed by atoms with Crippen LogP contribution in [0.4, 0.5) is 11.4 Å². The molecule has 1 atom stereocenters. The number of benzene rings is 1. The zero-order valence-corrected chi connectivity index (χ0v) is 11.6. The van der Waals surface area contributed by atoms with E-state index in [1.807, 2.05) is 13.0 Å². The molecule has 4 nitrogen and oxygen atoms in total. The molecular weight excluding hydrogens is 284 g/mol. The molecule has 0 aromatic heterocycles. The number of rotatable bonds is 5. The van der Waals surface area contributed by atoms with Gasteiger partial charge in [-0.25, -0.2) is 0 Å². The predicted octanol–water partition coefficient (Wildman–Crippen LogP) is 2.64. The summed E-state index contributed by atoms with van der Waals surface area (Å²) in [6, 6.07) is 5.37. The molecule has 0 aliphatic heterocycles. The number of hydrogen-bond acceptors (Lipinski definition) is 3. The average Bonchev–Trinajstić information content (AvgIpc) is 2.22. The first-order valence-corrected chi connectivity index (χ1v) is 6.16. The second-order valence-corrected chi connectivity index (χ2v) is 4.96. The third-order valence-corrected chi connectivity index (χ3v) is 2.77. The van der Waals surface area contributed by atoms with Crippen molar-refractivity contribution in [2.75, 3.05) is 24.8 Å². The van der Waals surface area contributed by atoms with Gasteiger partial charge in [-0.2, -0.15) is 0 Å². The first kappa shape index (κ1) is 14.0. The van der Waals surface area contributed by atoms with E-state index < -0.39 is 0 Å². The molecule has 17 heavy (non-hydrogen) atoms. The molecule has 0 saturated carbocycles. The van der Waals surface area contributed by atoms with Crippen molar-refractivity contribution in [3.05, 3.63) is 22.7 Å². The van der Waals surface area contributed by atoms with Gasteiger partial charge in [-0.1, -0.05) is 22.9 Å². The molecule has 94 valence electrons. The zero-order chi connectivity index (χ0) is 12.8. The van der Waals surface area contributed by atoms with Crippen molar-refractivity contribution in [1.29, 1.82) is 0 Å². The molecule has 0 aliphatic carbocycles. The van der Waals surface area contributed by atoms with Crippen LogP contribution in [0.1, 0.15) is 13.3 Å². The van der Waals surface area contributed by atoms with Gasteiger partial charge in [0.15, 0.2) is 0 Å². The maximum atomic E-state index is 11.7. The summed E-state index contributed by atoms with van der Waals surface area (Å²) in [4.78, 5) is 11.7. The van der Waals surface area contributed by atoms with E-state index in [1.54, 1.807) is 19.2 Å². The number of nitrogen functional groups attached to an aromatic ring is 1. The Balaban J connectivity index is 2.56. The van der Waals surface area contributed by atoms with E-state index in [2.05, 4.69) is 21.2 Å². The Morgan fingerprint density at radius 3 is 2.88 bits per heavy atom. The summed E-state index contributed by atoms with van der Waals surface area (Å²) in [6.07, 6.45) is 0.420. The van der Waals surface area contributed by atoms with Crippen LogP contribution < -0.4 is 11.1 Å². The van der Waals surface area contributed by atoms with E-state index in [4.69, 9.17) is 10.5 Å². The van der Waals surface area contributed by atoms with Crippen LogP contribution in [0, 0.1) is 5.92 Å². The summed E-state index contributed by atoms with van der Waals surface area (Å²) < 4.78 is 5.87. The standard InChI is InChI=1S/C12H17BrN2O2/c1-8(7-17-2)5-12(16)15-11-4-3-9(13)6-10(11)14/h3-4,6,8H,5,7,14H2,1-2H3,(H,15,16). The van der Waals surface area contributed by atoms with Crippen molar-refractivity contribution in [3.63, 3.8) is 0 Å². The van der Waals surface area contributed by atoms with Crippen molar-refractivity contribution in [1.82, 2.24) is 0 Å². The van der Waals surface area contributed by atoms with E-state index in [1.165, 1.54) is 0 Å². The van der Waals surface area contributed by atoms with E-state index >= 15 is 0 Å². The molecular formula is C12H17BrN2O2. The van der Waals surface area contributed by atoms with Gasteiger partial charge in [-0.05, 0) is 24.1 Å². The molecule has 3 N–H and O–H groups in total. The Morgan fingerprint density at radius 1 is 1.59 bits per heavy atom. The monoisotopic (exact) mass is 300 g/mol. The highest BCUT2D eigenvalue weighted by Crippen LogP contribution is 2.23. The van der Waals surface area contributed by atoms with Crippen LogP contribution in [-0.2, 0) is 9.53 Å². The molecule has 1 rings (SSSR count). The fourth-order valence-corrected chi connectivity index (χ4v) is 1.89. The highest BCUT2D eigenvalue weighted by atomic mass is 79.9. The summed E-state index contributed by atoms with van der Waals surface area (Å²) in [5.74, 6) is 0.139. The maximum absolute atomic E-state index is 11.7. The fraction of sp³-hybridized carbons (Fsp3) is 0.417. The lowest BCUT2D eigenvalue weighted by atomic mass is 10.1. The molecule has 5 heteroatoms. The van der Waals surface area contributed by atoms with Crippen molar-refractivity contribution in [3.8, 4) is 0 Å². The van der Waals surface area contributed by atoms with Crippen LogP contribution in [0.15, 0.2) is 22.7 Å². The van der Waals surface area contributed by atoms with Crippen LogP contribution in [0.5, 0.6) is 0 Å². The summed E-state index contributed by atoms with van der Waals surface area (Å²) >= 11 is 3.31. The van der Waals surface area contributed by atoms with Gasteiger partial charge in [-0.15, -0.1) is 0 Å². The highest BCUT2D eigenvalue weighted by molar-refractivity contribution is 9.10. The Bertz CT molecular complexity index is 396. The summed E-state index contributed by atoms with van der Waals surface area (Å²) in [7, 11) is 1.63. The lowest BCUT2D eigenvalue weighted by molar-refractivity contribution is -0.117. The molecule has 1 aromatic rings. The van der Waals surface area contributed by atoms with Crippen LogP contribution in [-0.4, -0.2) is 19.6 Å². The first-order valence-electron chi connectivity index (χ1n) is 5.36. The van der Waals surface area contributed by atoms with Gasteiger partial charge in [-0.3, -0.25) is 4.79 Å². The largest absolute Gasteiger partial charge is 0.397 e. The number of ether oxygens (including phenoxy) is 1.